The van der Waals surface area contributed by atoms with Gasteiger partial charge in [0.2, 0.25) is 0 Å². The van der Waals surface area contributed by atoms with Crippen LogP contribution in [0.1, 0.15) is 17.2 Å². The van der Waals surface area contributed by atoms with Crippen molar-refractivity contribution >= 4 is 43.2 Å². The van der Waals surface area contributed by atoms with Crippen molar-refractivity contribution in [3.63, 3.8) is 0 Å². The van der Waals surface area contributed by atoms with Gasteiger partial charge in [-0.05, 0) is 46.2 Å². The molecule has 0 fully saturated rings. The molecule has 1 unspecified atom stereocenters. The fraction of sp³-hybridized carbons (Fsp3) is 0.0909. The van der Waals surface area contributed by atoms with Crippen LogP contribution in [0.3, 0.4) is 0 Å². The Balaban J connectivity index is 2.41. The second-order valence-electron chi connectivity index (χ2n) is 3.36. The molecule has 5 heteroatoms. The Morgan fingerprint density at radius 1 is 1.12 bits per heavy atom. The molecule has 1 aromatic heterocycles. The minimum Gasteiger partial charge on any atom is -0.271 e. The summed E-state index contributed by atoms with van der Waals surface area (Å²) < 4.78 is 2.07. The van der Waals surface area contributed by atoms with Gasteiger partial charge in [0.15, 0.2) is 0 Å². The van der Waals surface area contributed by atoms with Gasteiger partial charge in [-0.1, -0.05) is 31.9 Å². The summed E-state index contributed by atoms with van der Waals surface area (Å²) in [6.07, 6.45) is 0. The number of hydrogen-bond donors (Lipinski definition) is 2. The minimum atomic E-state index is 0.0278. The smallest absolute Gasteiger partial charge is 0.0718 e. The van der Waals surface area contributed by atoms with E-state index in [1.54, 1.807) is 11.3 Å². The van der Waals surface area contributed by atoms with Gasteiger partial charge in [0.05, 0.1) is 6.04 Å². The molecule has 1 atom stereocenters. The summed E-state index contributed by atoms with van der Waals surface area (Å²) in [6, 6.07) is 8.23. The van der Waals surface area contributed by atoms with Crippen molar-refractivity contribution in [1.29, 1.82) is 0 Å². The summed E-state index contributed by atoms with van der Waals surface area (Å²) in [4.78, 5) is 0. The summed E-state index contributed by atoms with van der Waals surface area (Å²) in [5, 5.41) is 4.14. The first-order valence-corrected chi connectivity index (χ1v) is 7.18. The third kappa shape index (κ3) is 2.73. The molecule has 2 aromatic rings. The molecule has 0 saturated carbocycles. The molecule has 0 aliphatic rings. The van der Waals surface area contributed by atoms with E-state index in [0.717, 1.165) is 14.5 Å². The number of thiophene rings is 1. The van der Waals surface area contributed by atoms with E-state index in [2.05, 4.69) is 60.9 Å². The number of benzene rings is 1. The lowest BCUT2D eigenvalue weighted by atomic mass is 10.0. The molecule has 84 valence electrons. The normalized spacial score (nSPS) is 12.7. The fourth-order valence-corrected chi connectivity index (χ4v) is 3.58. The van der Waals surface area contributed by atoms with Crippen molar-refractivity contribution < 1.29 is 0 Å². The summed E-state index contributed by atoms with van der Waals surface area (Å²) >= 11 is 8.62. The number of halogens is 2. The van der Waals surface area contributed by atoms with Crippen molar-refractivity contribution in [3.05, 3.63) is 55.1 Å². The third-order valence-electron chi connectivity index (χ3n) is 2.26. The lowest BCUT2D eigenvalue weighted by Crippen LogP contribution is -2.28. The van der Waals surface area contributed by atoms with Crippen molar-refractivity contribution in [1.82, 2.24) is 5.43 Å². The fourth-order valence-electron chi connectivity index (χ4n) is 1.57. The van der Waals surface area contributed by atoms with Gasteiger partial charge in [-0.3, -0.25) is 5.84 Å². The Kier molecular flexibility index (Phi) is 4.16. The van der Waals surface area contributed by atoms with E-state index in [0.29, 0.717) is 0 Å². The van der Waals surface area contributed by atoms with Crippen LogP contribution in [0.2, 0.25) is 0 Å². The summed E-state index contributed by atoms with van der Waals surface area (Å²) in [6.45, 7) is 0. The molecule has 0 aliphatic carbocycles. The van der Waals surface area contributed by atoms with E-state index in [9.17, 15) is 0 Å². The van der Waals surface area contributed by atoms with Crippen molar-refractivity contribution in [2.75, 3.05) is 0 Å². The van der Waals surface area contributed by atoms with Crippen molar-refractivity contribution in [2.45, 2.75) is 6.04 Å². The molecule has 1 aromatic carbocycles. The minimum absolute atomic E-state index is 0.0278. The maximum Gasteiger partial charge on any atom is 0.0718 e. The molecule has 2 rings (SSSR count). The molecule has 0 saturated heterocycles. The predicted octanol–water partition coefficient (Wildman–Crippen LogP) is 3.83. The van der Waals surface area contributed by atoms with Gasteiger partial charge in [0.25, 0.3) is 0 Å². The average Bonchev–Trinajstić information content (AvgIpc) is 2.70. The number of hydrazine groups is 1. The number of nitrogens with one attached hydrogen (secondary N) is 1. The van der Waals surface area contributed by atoms with Gasteiger partial charge in [0.1, 0.15) is 0 Å². The first-order valence-electron chi connectivity index (χ1n) is 4.65. The predicted molar refractivity (Wildman–Crippen MR) is 75.3 cm³/mol. The van der Waals surface area contributed by atoms with Crippen LogP contribution in [0.4, 0.5) is 0 Å². The third-order valence-corrected chi connectivity index (χ3v) is 3.88. The van der Waals surface area contributed by atoms with E-state index in [1.165, 1.54) is 5.56 Å². The highest BCUT2D eigenvalue weighted by molar-refractivity contribution is 9.11. The van der Waals surface area contributed by atoms with Crippen molar-refractivity contribution in [3.8, 4) is 0 Å². The Bertz CT molecular complexity index is 451. The maximum atomic E-state index is 5.62. The monoisotopic (exact) mass is 360 g/mol. The summed E-state index contributed by atoms with van der Waals surface area (Å²) in [5.74, 6) is 5.62. The first-order chi connectivity index (χ1) is 7.70. The van der Waals surface area contributed by atoms with Crippen LogP contribution in [0.15, 0.2) is 44.0 Å². The lowest BCUT2D eigenvalue weighted by Gasteiger charge is -2.15. The van der Waals surface area contributed by atoms with Gasteiger partial charge in [0, 0.05) is 8.95 Å². The Morgan fingerprint density at radius 3 is 2.31 bits per heavy atom. The zero-order chi connectivity index (χ0) is 11.5. The van der Waals surface area contributed by atoms with Crippen LogP contribution < -0.4 is 11.3 Å². The molecule has 0 aliphatic heterocycles. The zero-order valence-corrected chi connectivity index (χ0v) is 12.3. The van der Waals surface area contributed by atoms with E-state index >= 15 is 0 Å². The van der Waals surface area contributed by atoms with Crippen LogP contribution in [0, 0.1) is 0 Å². The highest BCUT2D eigenvalue weighted by Crippen LogP contribution is 2.28. The standard InChI is InChI=1S/C11H10Br2N2S/c12-9-3-8(4-10(13)5-9)11(15-14)7-1-2-16-6-7/h1-6,11,15H,14H2. The van der Waals surface area contributed by atoms with Crippen LogP contribution in [0.5, 0.6) is 0 Å². The quantitative estimate of drug-likeness (QED) is 0.644. The Hall–Kier alpha value is -0.200. The highest BCUT2D eigenvalue weighted by atomic mass is 79.9. The molecule has 16 heavy (non-hydrogen) atoms. The number of hydrogen-bond acceptors (Lipinski definition) is 3. The number of rotatable bonds is 3. The van der Waals surface area contributed by atoms with Gasteiger partial charge in [-0.2, -0.15) is 11.3 Å². The molecular weight excluding hydrogens is 352 g/mol. The molecule has 3 N–H and O–H groups in total. The van der Waals surface area contributed by atoms with Crippen molar-refractivity contribution in [2.24, 2.45) is 5.84 Å². The van der Waals surface area contributed by atoms with Gasteiger partial charge in [-0.15, -0.1) is 0 Å². The van der Waals surface area contributed by atoms with Gasteiger partial charge >= 0.3 is 0 Å². The molecule has 0 amide bonds. The summed E-state index contributed by atoms with van der Waals surface area (Å²) in [7, 11) is 0. The molecule has 0 spiro atoms. The zero-order valence-electron chi connectivity index (χ0n) is 8.28. The van der Waals surface area contributed by atoms with Crippen LogP contribution >= 0.6 is 43.2 Å². The molecule has 1 heterocycles. The van der Waals surface area contributed by atoms with Gasteiger partial charge in [-0.25, -0.2) is 5.43 Å². The Labute approximate surface area is 115 Å². The molecule has 0 radical (unpaired) electrons. The second-order valence-corrected chi connectivity index (χ2v) is 5.97. The van der Waals surface area contributed by atoms with E-state index < -0.39 is 0 Å². The van der Waals surface area contributed by atoms with Crippen LogP contribution in [-0.4, -0.2) is 0 Å². The van der Waals surface area contributed by atoms with E-state index in [1.807, 2.05) is 11.4 Å². The largest absolute Gasteiger partial charge is 0.271 e. The summed E-state index contributed by atoms with van der Waals surface area (Å²) in [5.41, 5.74) is 5.15. The SMILES string of the molecule is NNC(c1ccsc1)c1cc(Br)cc(Br)c1. The average molecular weight is 362 g/mol. The van der Waals surface area contributed by atoms with Crippen LogP contribution in [-0.2, 0) is 0 Å². The molecule has 0 bridgehead atoms. The van der Waals surface area contributed by atoms with Gasteiger partial charge < -0.3 is 0 Å². The number of nitrogens with two attached hydrogens (primary N) is 1. The topological polar surface area (TPSA) is 38.0 Å². The first kappa shape index (κ1) is 12.3. The second kappa shape index (κ2) is 5.42. The highest BCUT2D eigenvalue weighted by Gasteiger charge is 2.13. The lowest BCUT2D eigenvalue weighted by molar-refractivity contribution is 0.638. The Morgan fingerprint density at radius 2 is 1.81 bits per heavy atom. The maximum absolute atomic E-state index is 5.62. The molecular formula is C11H10Br2N2S. The van der Waals surface area contributed by atoms with Crippen LogP contribution in [0.25, 0.3) is 0 Å². The molecule has 2 nitrogen and oxygen atoms in total. The van der Waals surface area contributed by atoms with E-state index in [-0.39, 0.29) is 6.04 Å². The van der Waals surface area contributed by atoms with E-state index in [4.69, 9.17) is 5.84 Å².